The zero-order chi connectivity index (χ0) is 40.1. The maximum absolute atomic E-state index is 13.3. The number of ketones is 1. The summed E-state index contributed by atoms with van der Waals surface area (Å²) in [6.07, 6.45) is -1.94. The summed E-state index contributed by atoms with van der Waals surface area (Å²) in [4.78, 5) is 63.5. The molecule has 0 spiro atoms. The van der Waals surface area contributed by atoms with Crippen molar-refractivity contribution in [2.24, 2.45) is 11.8 Å². The average Bonchev–Trinajstić information content (AvgIpc) is 3.61. The highest BCUT2D eigenvalue weighted by molar-refractivity contribution is 6.30. The van der Waals surface area contributed by atoms with Gasteiger partial charge in [-0.3, -0.25) is 24.6 Å². The van der Waals surface area contributed by atoms with E-state index in [9.17, 15) is 29.1 Å². The molecule has 0 saturated carbocycles. The molecule has 0 aliphatic carbocycles. The Balaban J connectivity index is 1.39. The van der Waals surface area contributed by atoms with Gasteiger partial charge in [-0.2, -0.15) is 0 Å². The molecule has 0 fully saturated rings. The summed E-state index contributed by atoms with van der Waals surface area (Å²) in [6.45, 7) is 7.14. The van der Waals surface area contributed by atoms with Crippen LogP contribution in [0.1, 0.15) is 67.5 Å². The van der Waals surface area contributed by atoms with E-state index in [2.05, 4.69) is 10.6 Å². The maximum Gasteiger partial charge on any atom is 0.336 e. The van der Waals surface area contributed by atoms with Crippen LogP contribution in [0.15, 0.2) is 89.5 Å². The predicted octanol–water partition coefficient (Wildman–Crippen LogP) is 5.81. The third-order valence-electron chi connectivity index (χ3n) is 7.89. The Kier molecular flexibility index (Phi) is 15.1. The molecule has 1 heterocycles. The first-order chi connectivity index (χ1) is 26.1. The summed E-state index contributed by atoms with van der Waals surface area (Å²) in [5, 5.41) is 16.3. The Bertz CT molecular complexity index is 1920. The van der Waals surface area contributed by atoms with Gasteiger partial charge in [0, 0.05) is 17.1 Å². The SMILES string of the molecule is CC(C)[C@H](CC(=O)OC(C)(C)C)C(=O)OCOc1cc(C(=O)NN(Cc2ccc(-c3cccc(Cl)c3)cc2)C[C@@H](O)C(=O)OCC(=O)c2ccccc2)on1. The Morgan fingerprint density at radius 2 is 1.60 bits per heavy atom. The third-order valence-corrected chi connectivity index (χ3v) is 8.12. The first-order valence-electron chi connectivity index (χ1n) is 17.4. The minimum Gasteiger partial charge on any atom is -0.460 e. The van der Waals surface area contributed by atoms with Crippen LogP contribution in [0.2, 0.25) is 5.02 Å². The molecule has 55 heavy (non-hydrogen) atoms. The first-order valence-corrected chi connectivity index (χ1v) is 17.8. The lowest BCUT2D eigenvalue weighted by Gasteiger charge is -2.24. The second-order valence-electron chi connectivity index (χ2n) is 13.8. The van der Waals surface area contributed by atoms with Crippen LogP contribution in [0, 0.1) is 11.8 Å². The monoisotopic (exact) mass is 777 g/mol. The number of halogens is 1. The van der Waals surface area contributed by atoms with Crippen LogP contribution in [-0.2, 0) is 35.1 Å². The Morgan fingerprint density at radius 3 is 2.25 bits per heavy atom. The number of hydrazine groups is 1. The van der Waals surface area contributed by atoms with Gasteiger partial charge in [0.05, 0.1) is 24.9 Å². The molecular formula is C40H44ClN3O11. The van der Waals surface area contributed by atoms with Crippen molar-refractivity contribution < 1.29 is 52.5 Å². The van der Waals surface area contributed by atoms with Crippen molar-refractivity contribution in [3.05, 3.63) is 107 Å². The van der Waals surface area contributed by atoms with Gasteiger partial charge in [0.15, 0.2) is 18.5 Å². The predicted molar refractivity (Wildman–Crippen MR) is 199 cm³/mol. The van der Waals surface area contributed by atoms with Crippen molar-refractivity contribution in [3.63, 3.8) is 0 Å². The van der Waals surface area contributed by atoms with Crippen molar-refractivity contribution >= 4 is 41.2 Å². The van der Waals surface area contributed by atoms with E-state index in [0.29, 0.717) is 16.1 Å². The van der Waals surface area contributed by atoms with Crippen molar-refractivity contribution in [2.75, 3.05) is 19.9 Å². The van der Waals surface area contributed by atoms with E-state index in [1.165, 1.54) is 5.01 Å². The van der Waals surface area contributed by atoms with Gasteiger partial charge in [0.25, 0.3) is 5.88 Å². The number of rotatable bonds is 18. The normalized spacial score (nSPS) is 12.5. The number of nitrogens with one attached hydrogen (secondary N) is 1. The van der Waals surface area contributed by atoms with Crippen LogP contribution >= 0.6 is 11.6 Å². The highest BCUT2D eigenvalue weighted by Gasteiger charge is 2.30. The smallest absolute Gasteiger partial charge is 0.336 e. The van der Waals surface area contributed by atoms with E-state index < -0.39 is 67.2 Å². The van der Waals surface area contributed by atoms with Gasteiger partial charge in [-0.25, -0.2) is 9.80 Å². The Hall–Kier alpha value is -5.57. The van der Waals surface area contributed by atoms with Crippen LogP contribution in [0.4, 0.5) is 0 Å². The molecule has 3 aromatic carbocycles. The molecule has 1 aromatic heterocycles. The summed E-state index contributed by atoms with van der Waals surface area (Å²) in [7, 11) is 0. The molecule has 15 heteroatoms. The summed E-state index contributed by atoms with van der Waals surface area (Å²) >= 11 is 6.15. The van der Waals surface area contributed by atoms with E-state index in [1.54, 1.807) is 83.1 Å². The lowest BCUT2D eigenvalue weighted by Crippen LogP contribution is -2.47. The van der Waals surface area contributed by atoms with E-state index in [0.717, 1.165) is 17.2 Å². The molecular weight excluding hydrogens is 734 g/mol. The van der Waals surface area contributed by atoms with Gasteiger partial charge in [-0.15, -0.1) is 0 Å². The molecule has 2 N–H and O–H groups in total. The summed E-state index contributed by atoms with van der Waals surface area (Å²) in [5.41, 5.74) is 4.69. The van der Waals surface area contributed by atoms with Crippen molar-refractivity contribution in [2.45, 2.75) is 59.3 Å². The number of benzene rings is 3. The van der Waals surface area contributed by atoms with Gasteiger partial charge in [-0.1, -0.05) is 92.2 Å². The number of nitrogens with zero attached hydrogens (tertiary/aromatic N) is 2. The van der Waals surface area contributed by atoms with Gasteiger partial charge in [0.1, 0.15) is 5.60 Å². The standard InChI is InChI=1S/C40H44ClN3O11/c1-25(2)31(19-36(47)54-40(3,4)5)38(49)53-24-52-35-20-34(55-43-35)37(48)42-44(21-26-14-16-27(17-15-26)29-12-9-13-30(41)18-29)22-32(45)39(50)51-23-33(46)28-10-7-6-8-11-28/h6-18,20,25,31-32,45H,19,21-24H2,1-5H3,(H,42,48)/t31-,32+/m0/s1. The zero-order valence-corrected chi connectivity index (χ0v) is 31.9. The fraction of sp³-hybridized carbons (Fsp3) is 0.350. The summed E-state index contributed by atoms with van der Waals surface area (Å²) in [5.74, 6) is -5.06. The zero-order valence-electron chi connectivity index (χ0n) is 31.2. The number of aliphatic hydroxyl groups excluding tert-OH is 1. The van der Waals surface area contributed by atoms with Crippen LogP contribution in [0.5, 0.6) is 5.88 Å². The Morgan fingerprint density at radius 1 is 0.891 bits per heavy atom. The van der Waals surface area contributed by atoms with Gasteiger partial charge < -0.3 is 28.6 Å². The lowest BCUT2D eigenvalue weighted by atomic mass is 9.92. The molecule has 292 valence electrons. The van der Waals surface area contributed by atoms with Crippen LogP contribution in [0.25, 0.3) is 11.1 Å². The van der Waals surface area contributed by atoms with Crippen molar-refractivity contribution in [1.29, 1.82) is 0 Å². The van der Waals surface area contributed by atoms with Crippen LogP contribution in [-0.4, -0.2) is 76.5 Å². The Labute approximate surface area is 323 Å². The highest BCUT2D eigenvalue weighted by atomic mass is 35.5. The number of Topliss-reactive ketones (excluding diaryl/α,β-unsaturated/α-hetero) is 1. The van der Waals surface area contributed by atoms with Gasteiger partial charge in [-0.05, 0) is 60.7 Å². The van der Waals surface area contributed by atoms with E-state index in [-0.39, 0.29) is 30.5 Å². The number of carbonyl (C=O) groups is 5. The minimum atomic E-state index is -1.76. The average molecular weight is 778 g/mol. The molecule has 2 atom stereocenters. The number of amides is 1. The van der Waals surface area contributed by atoms with Crippen molar-refractivity contribution in [3.8, 4) is 17.0 Å². The van der Waals surface area contributed by atoms with E-state index in [1.807, 2.05) is 30.3 Å². The molecule has 0 saturated heterocycles. The number of aromatic nitrogens is 1. The largest absolute Gasteiger partial charge is 0.460 e. The lowest BCUT2D eigenvalue weighted by molar-refractivity contribution is -0.166. The number of esters is 3. The maximum atomic E-state index is 13.3. The van der Waals surface area contributed by atoms with E-state index in [4.69, 9.17) is 35.1 Å². The molecule has 14 nitrogen and oxygen atoms in total. The summed E-state index contributed by atoms with van der Waals surface area (Å²) < 4.78 is 26.1. The van der Waals surface area contributed by atoms with E-state index >= 15 is 0 Å². The quantitative estimate of drug-likeness (QED) is 0.0406. The molecule has 0 radical (unpaired) electrons. The highest BCUT2D eigenvalue weighted by Crippen LogP contribution is 2.24. The minimum absolute atomic E-state index is 0.0165. The van der Waals surface area contributed by atoms with Gasteiger partial charge in [0.2, 0.25) is 12.6 Å². The second kappa shape index (κ2) is 19.7. The number of ether oxygens (including phenoxy) is 4. The molecule has 0 unspecified atom stereocenters. The number of hydrogen-bond donors (Lipinski definition) is 2. The number of carbonyl (C=O) groups excluding carboxylic acids is 5. The third kappa shape index (κ3) is 13.7. The molecule has 4 aromatic rings. The topological polar surface area (TPSA) is 184 Å². The molecule has 4 rings (SSSR count). The number of aliphatic hydroxyl groups is 1. The van der Waals surface area contributed by atoms with Gasteiger partial charge >= 0.3 is 23.8 Å². The van der Waals surface area contributed by atoms with Crippen molar-refractivity contribution in [1.82, 2.24) is 15.6 Å². The molecule has 0 aliphatic heterocycles. The molecule has 1 amide bonds. The fourth-order valence-corrected chi connectivity index (χ4v) is 5.30. The number of hydrogen-bond acceptors (Lipinski definition) is 13. The second-order valence-corrected chi connectivity index (χ2v) is 14.3. The fourth-order valence-electron chi connectivity index (χ4n) is 5.11. The first kappa shape index (κ1) is 42.2. The molecule has 0 aliphatic rings. The van der Waals surface area contributed by atoms with Crippen LogP contribution < -0.4 is 10.2 Å². The summed E-state index contributed by atoms with van der Waals surface area (Å²) in [6, 6.07) is 24.0. The molecule has 0 bridgehead atoms. The van der Waals surface area contributed by atoms with Crippen LogP contribution in [0.3, 0.4) is 0 Å².